The Kier molecular flexibility index (Phi) is 4.50. The van der Waals surface area contributed by atoms with Crippen LogP contribution in [0.25, 0.3) is 21.1 Å². The summed E-state index contributed by atoms with van der Waals surface area (Å²) in [6.45, 7) is 4.53. The molecule has 1 saturated carbocycles. The van der Waals surface area contributed by atoms with Crippen LogP contribution in [0.3, 0.4) is 0 Å². The summed E-state index contributed by atoms with van der Waals surface area (Å²) in [5.41, 5.74) is 4.72. The van der Waals surface area contributed by atoms with E-state index < -0.39 is 5.97 Å². The molecule has 0 spiro atoms. The van der Waals surface area contributed by atoms with Crippen LogP contribution in [-0.4, -0.2) is 24.6 Å². The van der Waals surface area contributed by atoms with Gasteiger partial charge in [0, 0.05) is 5.39 Å². The second-order valence-corrected chi connectivity index (χ2v) is 9.12. The van der Waals surface area contributed by atoms with E-state index in [9.17, 15) is 14.7 Å². The Bertz CT molecular complexity index is 1340. The van der Waals surface area contributed by atoms with Crippen molar-refractivity contribution >= 4 is 38.6 Å². The Labute approximate surface area is 177 Å². The zero-order chi connectivity index (χ0) is 21.0. The Morgan fingerprint density at radius 2 is 1.97 bits per heavy atom. The first-order valence-corrected chi connectivity index (χ1v) is 11.0. The normalized spacial score (nSPS) is 15.1. The third-order valence-electron chi connectivity index (χ3n) is 6.04. The molecule has 0 radical (unpaired) electrons. The lowest BCUT2D eigenvalue weighted by molar-refractivity contribution is -0.138. The molecule has 1 atom stereocenters. The van der Waals surface area contributed by atoms with Gasteiger partial charge in [-0.25, -0.2) is 4.79 Å². The predicted molar refractivity (Wildman–Crippen MR) is 118 cm³/mol. The van der Waals surface area contributed by atoms with Crippen LogP contribution in [-0.2, 0) is 11.3 Å². The highest BCUT2D eigenvalue weighted by Crippen LogP contribution is 2.42. The van der Waals surface area contributed by atoms with Crippen LogP contribution in [0.1, 0.15) is 42.1 Å². The van der Waals surface area contributed by atoms with Gasteiger partial charge in [-0.2, -0.15) is 4.37 Å². The van der Waals surface area contributed by atoms with Crippen molar-refractivity contribution in [2.45, 2.75) is 45.7 Å². The molecule has 6 nitrogen and oxygen atoms in total. The maximum Gasteiger partial charge on any atom is 0.329 e. The number of benzene rings is 2. The molecule has 2 aromatic carbocycles. The molecule has 0 amide bonds. The van der Waals surface area contributed by atoms with E-state index in [1.165, 1.54) is 17.1 Å². The number of carboxylic acids is 1. The van der Waals surface area contributed by atoms with Gasteiger partial charge < -0.3 is 5.11 Å². The van der Waals surface area contributed by atoms with Gasteiger partial charge >= 0.3 is 11.7 Å². The lowest BCUT2D eigenvalue weighted by Gasteiger charge is -2.16. The van der Waals surface area contributed by atoms with E-state index >= 15 is 0 Å². The minimum atomic E-state index is -0.868. The third-order valence-corrected chi connectivity index (χ3v) is 6.88. The fourth-order valence-corrected chi connectivity index (χ4v) is 5.58. The molecule has 2 heterocycles. The number of carboxylic acid groups (broad SMARTS) is 1. The molecule has 30 heavy (non-hydrogen) atoms. The molecule has 1 aliphatic rings. The Hall–Kier alpha value is -2.93. The van der Waals surface area contributed by atoms with E-state index in [1.807, 2.05) is 24.3 Å². The Balaban J connectivity index is 1.67. The molecule has 1 aliphatic carbocycles. The summed E-state index contributed by atoms with van der Waals surface area (Å²) < 4.78 is 9.26. The van der Waals surface area contributed by atoms with Crippen molar-refractivity contribution in [3.63, 3.8) is 0 Å². The molecule has 1 fully saturated rings. The van der Waals surface area contributed by atoms with Crippen LogP contribution in [0.5, 0.6) is 0 Å². The molecule has 154 valence electrons. The van der Waals surface area contributed by atoms with Crippen molar-refractivity contribution in [1.29, 1.82) is 0 Å². The van der Waals surface area contributed by atoms with Gasteiger partial charge in [0.25, 0.3) is 0 Å². The van der Waals surface area contributed by atoms with Crippen LogP contribution in [0.2, 0.25) is 0 Å². The number of rotatable bonds is 6. The maximum absolute atomic E-state index is 13.6. The number of aliphatic carboxylic acids is 1. The van der Waals surface area contributed by atoms with E-state index in [0.717, 1.165) is 45.2 Å². The quantitative estimate of drug-likeness (QED) is 0.497. The summed E-state index contributed by atoms with van der Waals surface area (Å²) in [5, 5.41) is 10.5. The number of para-hydroxylation sites is 2. The van der Waals surface area contributed by atoms with Crippen molar-refractivity contribution in [3.05, 3.63) is 63.7 Å². The lowest BCUT2D eigenvalue weighted by Crippen LogP contribution is -2.30. The average molecular weight is 422 g/mol. The van der Waals surface area contributed by atoms with Crippen LogP contribution in [0.4, 0.5) is 0 Å². The highest BCUT2D eigenvalue weighted by Gasteiger charge is 2.36. The Morgan fingerprint density at radius 1 is 1.23 bits per heavy atom. The summed E-state index contributed by atoms with van der Waals surface area (Å²) in [5.74, 6) is -0.615. The summed E-state index contributed by atoms with van der Waals surface area (Å²) in [7, 11) is 0. The zero-order valence-electron chi connectivity index (χ0n) is 17.0. The number of nitrogens with zero attached hydrogens (tertiary/aromatic N) is 3. The zero-order valence-corrected chi connectivity index (χ0v) is 17.8. The fourth-order valence-electron chi connectivity index (χ4n) is 4.61. The van der Waals surface area contributed by atoms with E-state index in [-0.39, 0.29) is 24.1 Å². The molecule has 0 saturated heterocycles. The van der Waals surface area contributed by atoms with Crippen molar-refractivity contribution in [1.82, 2.24) is 13.5 Å². The molecule has 2 aromatic heterocycles. The van der Waals surface area contributed by atoms with Gasteiger partial charge in [0.1, 0.15) is 0 Å². The number of hydrogen-bond acceptors (Lipinski definition) is 4. The predicted octanol–water partition coefficient (Wildman–Crippen LogP) is 4.50. The summed E-state index contributed by atoms with van der Waals surface area (Å²) in [6, 6.07) is 11.6. The van der Waals surface area contributed by atoms with Gasteiger partial charge in [0.2, 0.25) is 0 Å². The minimum Gasteiger partial charge on any atom is -0.481 e. The van der Waals surface area contributed by atoms with Crippen LogP contribution < -0.4 is 5.69 Å². The first-order chi connectivity index (χ1) is 14.4. The average Bonchev–Trinajstić information content (AvgIpc) is 3.40. The van der Waals surface area contributed by atoms with E-state index in [4.69, 9.17) is 0 Å². The molecule has 0 bridgehead atoms. The SMILES string of the molecule is Cc1cc(C)c2c(Cn3c(=O)n(C(CC(=O)O)C4CC4)c4ccccc43)nsc2c1. The third kappa shape index (κ3) is 3.13. The number of aryl methyl sites for hydroxylation is 2. The first kappa shape index (κ1) is 19.1. The largest absolute Gasteiger partial charge is 0.481 e. The number of aromatic nitrogens is 3. The van der Waals surface area contributed by atoms with Crippen molar-refractivity contribution in [2.75, 3.05) is 0 Å². The first-order valence-electron chi connectivity index (χ1n) is 10.2. The standard InChI is InChI=1S/C23H23N3O3S/c1-13-9-14(2)22-16(24-30-20(22)10-13)12-25-17-5-3-4-6-18(17)26(23(25)29)19(11-21(27)28)15-7-8-15/h3-6,9-10,15,19H,7-8,11-12H2,1-2H3,(H,27,28). The molecular formula is C23H23N3O3S. The van der Waals surface area contributed by atoms with Gasteiger partial charge in [-0.15, -0.1) is 0 Å². The summed E-state index contributed by atoms with van der Waals surface area (Å²) >= 11 is 1.46. The smallest absolute Gasteiger partial charge is 0.329 e. The summed E-state index contributed by atoms with van der Waals surface area (Å²) in [6.07, 6.45) is 1.91. The number of carbonyl (C=O) groups is 1. The van der Waals surface area contributed by atoms with E-state index in [0.29, 0.717) is 6.54 Å². The second-order valence-electron chi connectivity index (χ2n) is 8.31. The van der Waals surface area contributed by atoms with Gasteiger partial charge in [-0.1, -0.05) is 18.2 Å². The molecule has 1 N–H and O–H groups in total. The molecule has 0 aliphatic heterocycles. The van der Waals surface area contributed by atoms with Gasteiger partial charge in [0.05, 0.1) is 40.4 Å². The monoisotopic (exact) mass is 421 g/mol. The molecule has 7 heteroatoms. The van der Waals surface area contributed by atoms with Crippen molar-refractivity contribution < 1.29 is 9.90 Å². The van der Waals surface area contributed by atoms with Gasteiger partial charge in [-0.05, 0) is 73.5 Å². The highest BCUT2D eigenvalue weighted by atomic mass is 32.1. The molecular weight excluding hydrogens is 398 g/mol. The molecule has 4 aromatic rings. The van der Waals surface area contributed by atoms with Crippen molar-refractivity contribution in [2.24, 2.45) is 5.92 Å². The van der Waals surface area contributed by atoms with E-state index in [1.54, 1.807) is 9.13 Å². The highest BCUT2D eigenvalue weighted by molar-refractivity contribution is 7.13. The lowest BCUT2D eigenvalue weighted by atomic mass is 10.1. The van der Waals surface area contributed by atoms with Crippen LogP contribution >= 0.6 is 11.5 Å². The van der Waals surface area contributed by atoms with Crippen LogP contribution in [0.15, 0.2) is 41.2 Å². The minimum absolute atomic E-state index is 0.0312. The topological polar surface area (TPSA) is 77.1 Å². The molecule has 5 rings (SSSR count). The number of imidazole rings is 1. The van der Waals surface area contributed by atoms with Crippen molar-refractivity contribution in [3.8, 4) is 0 Å². The van der Waals surface area contributed by atoms with Crippen LogP contribution in [0, 0.1) is 19.8 Å². The maximum atomic E-state index is 13.6. The number of hydrogen-bond donors (Lipinski definition) is 1. The Morgan fingerprint density at radius 3 is 2.67 bits per heavy atom. The van der Waals surface area contributed by atoms with Gasteiger partial charge in [0.15, 0.2) is 0 Å². The molecule has 1 unspecified atom stereocenters. The summed E-state index contributed by atoms with van der Waals surface area (Å²) in [4.78, 5) is 25.1. The van der Waals surface area contributed by atoms with E-state index in [2.05, 4.69) is 30.4 Å². The number of fused-ring (bicyclic) bond motifs is 2. The second kappa shape index (κ2) is 7.09. The fraction of sp³-hybridized carbons (Fsp3) is 0.348. The van der Waals surface area contributed by atoms with Gasteiger partial charge in [-0.3, -0.25) is 13.9 Å².